The van der Waals surface area contributed by atoms with Crippen molar-refractivity contribution in [2.45, 2.75) is 40.0 Å². The number of rotatable bonds is 7. The Morgan fingerprint density at radius 2 is 1.17 bits per heavy atom. The first-order valence-electron chi connectivity index (χ1n) is 7.35. The summed E-state index contributed by atoms with van der Waals surface area (Å²) in [6, 6.07) is 2.05. The summed E-state index contributed by atoms with van der Waals surface area (Å²) in [4.78, 5) is 45.9. The number of esters is 3. The van der Waals surface area contributed by atoms with E-state index < -0.39 is 23.9 Å². The Balaban J connectivity index is 3.48. The molecular formula is C16H18O8. The van der Waals surface area contributed by atoms with E-state index in [1.165, 1.54) is 0 Å². The molecule has 0 aliphatic rings. The lowest BCUT2D eigenvalue weighted by molar-refractivity contribution is -0.137. The van der Waals surface area contributed by atoms with Crippen LogP contribution in [0.25, 0.3) is 0 Å². The van der Waals surface area contributed by atoms with Gasteiger partial charge in [-0.15, -0.1) is 0 Å². The van der Waals surface area contributed by atoms with Crippen LogP contribution in [0, 0.1) is 0 Å². The van der Waals surface area contributed by atoms with Gasteiger partial charge in [0, 0.05) is 19.3 Å². The van der Waals surface area contributed by atoms with E-state index in [1.54, 1.807) is 20.8 Å². The summed E-state index contributed by atoms with van der Waals surface area (Å²) < 4.78 is 15.1. The molecule has 0 heterocycles. The molecule has 0 amide bonds. The highest BCUT2D eigenvalue weighted by molar-refractivity contribution is 5.91. The zero-order valence-electron chi connectivity index (χ0n) is 13.6. The number of carboxylic acid groups (broad SMARTS) is 1. The molecule has 1 aromatic carbocycles. The van der Waals surface area contributed by atoms with Crippen LogP contribution in [-0.2, 0) is 14.4 Å². The summed E-state index contributed by atoms with van der Waals surface area (Å²) in [5.41, 5.74) is -0.288. The Morgan fingerprint density at radius 1 is 0.792 bits per heavy atom. The number of carbonyl (C=O) groups excluding carboxylic acids is 3. The van der Waals surface area contributed by atoms with Crippen molar-refractivity contribution in [1.82, 2.24) is 0 Å². The van der Waals surface area contributed by atoms with Gasteiger partial charge in [-0.2, -0.15) is 0 Å². The van der Waals surface area contributed by atoms with Crippen LogP contribution in [0.15, 0.2) is 12.1 Å². The van der Waals surface area contributed by atoms with Crippen molar-refractivity contribution < 1.29 is 38.5 Å². The van der Waals surface area contributed by atoms with Crippen LogP contribution >= 0.6 is 0 Å². The predicted octanol–water partition coefficient (Wildman–Crippen LogP) is 2.33. The summed E-state index contributed by atoms with van der Waals surface area (Å²) in [5, 5.41) is 9.15. The Hall–Kier alpha value is -2.90. The molecule has 0 aliphatic heterocycles. The van der Waals surface area contributed by atoms with Crippen LogP contribution in [0.4, 0.5) is 0 Å². The smallest absolute Gasteiger partial charge is 0.335 e. The second-order valence-corrected chi connectivity index (χ2v) is 4.59. The third-order valence-electron chi connectivity index (χ3n) is 2.80. The molecule has 0 saturated heterocycles. The number of hydrogen-bond acceptors (Lipinski definition) is 7. The molecule has 0 radical (unpaired) electrons. The molecule has 8 heteroatoms. The predicted molar refractivity (Wildman–Crippen MR) is 81.2 cm³/mol. The van der Waals surface area contributed by atoms with Gasteiger partial charge in [0.2, 0.25) is 5.75 Å². The lowest BCUT2D eigenvalue weighted by Gasteiger charge is -2.15. The second kappa shape index (κ2) is 8.66. The minimum Gasteiger partial charge on any atom is -0.478 e. The van der Waals surface area contributed by atoms with Gasteiger partial charge in [-0.05, 0) is 12.1 Å². The molecule has 0 saturated carbocycles. The Labute approximate surface area is 138 Å². The van der Waals surface area contributed by atoms with E-state index >= 15 is 0 Å². The van der Waals surface area contributed by atoms with E-state index in [1.807, 2.05) is 0 Å². The van der Waals surface area contributed by atoms with Gasteiger partial charge in [0.25, 0.3) is 0 Å². The van der Waals surface area contributed by atoms with Crippen molar-refractivity contribution in [3.8, 4) is 17.2 Å². The molecule has 8 nitrogen and oxygen atoms in total. The maximum atomic E-state index is 11.6. The van der Waals surface area contributed by atoms with Crippen molar-refractivity contribution in [1.29, 1.82) is 0 Å². The van der Waals surface area contributed by atoms with Crippen LogP contribution in [0.5, 0.6) is 17.2 Å². The van der Waals surface area contributed by atoms with Crippen LogP contribution in [-0.4, -0.2) is 29.0 Å². The van der Waals surface area contributed by atoms with Crippen molar-refractivity contribution in [2.24, 2.45) is 0 Å². The first-order chi connectivity index (χ1) is 11.3. The van der Waals surface area contributed by atoms with Crippen LogP contribution < -0.4 is 14.2 Å². The first kappa shape index (κ1) is 19.1. The number of benzene rings is 1. The van der Waals surface area contributed by atoms with E-state index in [0.29, 0.717) is 0 Å². The van der Waals surface area contributed by atoms with E-state index in [-0.39, 0.29) is 42.1 Å². The average molecular weight is 338 g/mol. The fourth-order valence-electron chi connectivity index (χ4n) is 1.53. The summed E-state index contributed by atoms with van der Waals surface area (Å²) in [6.07, 6.45) is 0.0497. The summed E-state index contributed by atoms with van der Waals surface area (Å²) in [5.74, 6) is -4.25. The van der Waals surface area contributed by atoms with Crippen LogP contribution in [0.3, 0.4) is 0 Å². The van der Waals surface area contributed by atoms with E-state index in [2.05, 4.69) is 0 Å². The molecule has 1 aromatic rings. The SMILES string of the molecule is CCC(=O)Oc1cc(C(=O)O)cc(OC(=O)CC)c1OC(=O)CC. The summed E-state index contributed by atoms with van der Waals surface area (Å²) >= 11 is 0. The fraction of sp³-hybridized carbons (Fsp3) is 0.375. The highest BCUT2D eigenvalue weighted by Crippen LogP contribution is 2.39. The van der Waals surface area contributed by atoms with E-state index in [0.717, 1.165) is 12.1 Å². The topological polar surface area (TPSA) is 116 Å². The molecule has 0 bridgehead atoms. The van der Waals surface area contributed by atoms with Gasteiger partial charge in [-0.1, -0.05) is 20.8 Å². The number of aromatic carboxylic acids is 1. The minimum atomic E-state index is -1.33. The van der Waals surface area contributed by atoms with Gasteiger partial charge >= 0.3 is 23.9 Å². The Morgan fingerprint density at radius 3 is 1.50 bits per heavy atom. The Kier molecular flexibility index (Phi) is 6.91. The lowest BCUT2D eigenvalue weighted by Crippen LogP contribution is -2.14. The minimum absolute atomic E-state index is 0.0164. The third kappa shape index (κ3) is 5.08. The Bertz CT molecular complexity index is 623. The van der Waals surface area contributed by atoms with Crippen molar-refractivity contribution in [3.63, 3.8) is 0 Å². The van der Waals surface area contributed by atoms with Gasteiger partial charge in [0.15, 0.2) is 11.5 Å². The fourth-order valence-corrected chi connectivity index (χ4v) is 1.53. The zero-order chi connectivity index (χ0) is 18.3. The van der Waals surface area contributed by atoms with Crippen molar-refractivity contribution in [3.05, 3.63) is 17.7 Å². The molecule has 1 N–H and O–H groups in total. The second-order valence-electron chi connectivity index (χ2n) is 4.59. The number of ether oxygens (including phenoxy) is 3. The quantitative estimate of drug-likeness (QED) is 0.595. The maximum absolute atomic E-state index is 11.6. The normalized spacial score (nSPS) is 9.96. The third-order valence-corrected chi connectivity index (χ3v) is 2.80. The molecule has 130 valence electrons. The summed E-state index contributed by atoms with van der Waals surface area (Å²) in [7, 11) is 0. The van der Waals surface area contributed by atoms with Crippen molar-refractivity contribution >= 4 is 23.9 Å². The molecule has 0 spiro atoms. The van der Waals surface area contributed by atoms with Gasteiger partial charge < -0.3 is 19.3 Å². The lowest BCUT2D eigenvalue weighted by atomic mass is 10.2. The highest BCUT2D eigenvalue weighted by atomic mass is 16.6. The monoisotopic (exact) mass is 338 g/mol. The number of hydrogen-bond donors (Lipinski definition) is 1. The molecule has 1 rings (SSSR count). The first-order valence-corrected chi connectivity index (χ1v) is 7.35. The van der Waals surface area contributed by atoms with Crippen molar-refractivity contribution in [2.75, 3.05) is 0 Å². The zero-order valence-corrected chi connectivity index (χ0v) is 13.6. The molecule has 24 heavy (non-hydrogen) atoms. The molecule has 0 fully saturated rings. The van der Waals surface area contributed by atoms with Gasteiger partial charge in [0.1, 0.15) is 0 Å². The number of carboxylic acids is 1. The highest BCUT2D eigenvalue weighted by Gasteiger charge is 2.23. The molecule has 0 aliphatic carbocycles. The van der Waals surface area contributed by atoms with Crippen LogP contribution in [0.1, 0.15) is 50.4 Å². The largest absolute Gasteiger partial charge is 0.478 e. The average Bonchev–Trinajstić information content (AvgIpc) is 2.56. The van der Waals surface area contributed by atoms with Gasteiger partial charge in [0.05, 0.1) is 5.56 Å². The van der Waals surface area contributed by atoms with Gasteiger partial charge in [-0.3, -0.25) is 14.4 Å². The van der Waals surface area contributed by atoms with E-state index in [9.17, 15) is 19.2 Å². The number of carbonyl (C=O) groups is 4. The molecule has 0 atom stereocenters. The molecule has 0 unspecified atom stereocenters. The molecular weight excluding hydrogens is 320 g/mol. The van der Waals surface area contributed by atoms with Gasteiger partial charge in [-0.25, -0.2) is 4.79 Å². The van der Waals surface area contributed by atoms with E-state index in [4.69, 9.17) is 19.3 Å². The van der Waals surface area contributed by atoms with Crippen LogP contribution in [0.2, 0.25) is 0 Å². The summed E-state index contributed by atoms with van der Waals surface area (Å²) in [6.45, 7) is 4.63. The standard InChI is InChI=1S/C16H18O8/c1-4-12(17)22-10-7-9(16(20)21)8-11(23-13(18)5-2)15(10)24-14(19)6-3/h7-8H,4-6H2,1-3H3,(H,20,21). The molecule has 0 aromatic heterocycles. The maximum Gasteiger partial charge on any atom is 0.335 e.